The third-order valence-corrected chi connectivity index (χ3v) is 4.71. The molecule has 1 amide bonds. The molecule has 0 aliphatic heterocycles. The minimum absolute atomic E-state index is 0.153. The Kier molecular flexibility index (Phi) is 6.79. The van der Waals surface area contributed by atoms with Gasteiger partial charge in [-0.25, -0.2) is 12.8 Å². The monoisotopic (exact) mass is 394 g/mol. The summed E-state index contributed by atoms with van der Waals surface area (Å²) in [6.07, 6.45) is 0.881. The number of para-hydroxylation sites is 2. The molecular formula is C19H23FN2O4S. The molecular weight excluding hydrogens is 371 g/mol. The molecule has 0 unspecified atom stereocenters. The maximum absolute atomic E-state index is 12.9. The average molecular weight is 394 g/mol. The quantitative estimate of drug-likeness (QED) is 0.747. The smallest absolute Gasteiger partial charge is 0.241 e. The van der Waals surface area contributed by atoms with E-state index in [-0.39, 0.29) is 18.5 Å². The van der Waals surface area contributed by atoms with Gasteiger partial charge in [-0.05, 0) is 43.7 Å². The van der Waals surface area contributed by atoms with E-state index in [0.29, 0.717) is 17.0 Å². The van der Waals surface area contributed by atoms with Gasteiger partial charge >= 0.3 is 0 Å². The largest absolute Gasteiger partial charge is 0.489 e. The molecule has 2 aromatic rings. The molecule has 0 spiro atoms. The van der Waals surface area contributed by atoms with Gasteiger partial charge in [0.2, 0.25) is 15.9 Å². The van der Waals surface area contributed by atoms with Crippen molar-refractivity contribution in [1.29, 1.82) is 0 Å². The number of carbonyl (C=O) groups is 1. The predicted octanol–water partition coefficient (Wildman–Crippen LogP) is 2.70. The van der Waals surface area contributed by atoms with Crippen molar-refractivity contribution < 1.29 is 22.3 Å². The van der Waals surface area contributed by atoms with Crippen molar-refractivity contribution in [2.75, 3.05) is 17.1 Å². The molecule has 0 atom stereocenters. The van der Waals surface area contributed by atoms with Crippen LogP contribution in [0.3, 0.4) is 0 Å². The molecule has 2 aromatic carbocycles. The zero-order valence-corrected chi connectivity index (χ0v) is 16.3. The van der Waals surface area contributed by atoms with E-state index in [4.69, 9.17) is 4.74 Å². The van der Waals surface area contributed by atoms with E-state index in [1.165, 1.54) is 12.1 Å². The molecule has 0 saturated heterocycles. The summed E-state index contributed by atoms with van der Waals surface area (Å²) in [5.74, 6) is -0.469. The van der Waals surface area contributed by atoms with Gasteiger partial charge in [-0.15, -0.1) is 0 Å². The first kappa shape index (κ1) is 20.7. The molecule has 2 rings (SSSR count). The van der Waals surface area contributed by atoms with Crippen LogP contribution in [0.15, 0.2) is 48.5 Å². The summed E-state index contributed by atoms with van der Waals surface area (Å²) in [6, 6.07) is 12.3. The second-order valence-corrected chi connectivity index (χ2v) is 8.21. The molecule has 6 nitrogen and oxygen atoms in total. The molecule has 0 fully saturated rings. The Morgan fingerprint density at radius 2 is 1.78 bits per heavy atom. The zero-order valence-electron chi connectivity index (χ0n) is 15.5. The van der Waals surface area contributed by atoms with Gasteiger partial charge in [-0.3, -0.25) is 9.10 Å². The number of ether oxygens (including phenoxy) is 1. The standard InChI is InChI=1S/C19H23FN2O4S/c1-14(2)26-18-7-5-4-6-17(18)22(27(3,24)25)13-19(23)21-12-15-8-10-16(20)11-9-15/h4-11,14H,12-13H2,1-3H3,(H,21,23). The van der Waals surface area contributed by atoms with E-state index in [1.807, 2.05) is 13.8 Å². The lowest BCUT2D eigenvalue weighted by atomic mass is 10.2. The molecule has 8 heteroatoms. The highest BCUT2D eigenvalue weighted by molar-refractivity contribution is 7.92. The van der Waals surface area contributed by atoms with Crippen LogP contribution < -0.4 is 14.4 Å². The number of anilines is 1. The van der Waals surface area contributed by atoms with E-state index in [0.717, 1.165) is 10.6 Å². The summed E-state index contributed by atoms with van der Waals surface area (Å²) in [7, 11) is -3.72. The van der Waals surface area contributed by atoms with Crippen LogP contribution in [-0.4, -0.2) is 33.2 Å². The van der Waals surface area contributed by atoms with Crippen LogP contribution >= 0.6 is 0 Å². The Morgan fingerprint density at radius 1 is 1.15 bits per heavy atom. The van der Waals surface area contributed by atoms with Crippen LogP contribution in [0, 0.1) is 5.82 Å². The number of nitrogens with zero attached hydrogens (tertiary/aromatic N) is 1. The number of carbonyl (C=O) groups excluding carboxylic acids is 1. The third kappa shape index (κ3) is 6.25. The highest BCUT2D eigenvalue weighted by Gasteiger charge is 2.24. The van der Waals surface area contributed by atoms with Crippen LogP contribution in [0.2, 0.25) is 0 Å². The van der Waals surface area contributed by atoms with Crippen molar-refractivity contribution in [3.63, 3.8) is 0 Å². The number of nitrogens with one attached hydrogen (secondary N) is 1. The van der Waals surface area contributed by atoms with E-state index in [1.54, 1.807) is 36.4 Å². The molecule has 0 saturated carbocycles. The fourth-order valence-corrected chi connectivity index (χ4v) is 3.25. The molecule has 0 radical (unpaired) electrons. The summed E-state index contributed by atoms with van der Waals surface area (Å²) in [5, 5.41) is 2.64. The topological polar surface area (TPSA) is 75.7 Å². The Morgan fingerprint density at radius 3 is 2.37 bits per heavy atom. The predicted molar refractivity (Wildman–Crippen MR) is 103 cm³/mol. The second-order valence-electron chi connectivity index (χ2n) is 6.31. The van der Waals surface area contributed by atoms with E-state index in [9.17, 15) is 17.6 Å². The van der Waals surface area contributed by atoms with E-state index < -0.39 is 22.5 Å². The first-order chi connectivity index (χ1) is 12.7. The zero-order chi connectivity index (χ0) is 20.0. The molecule has 146 valence electrons. The van der Waals surface area contributed by atoms with Crippen molar-refractivity contribution in [3.8, 4) is 5.75 Å². The van der Waals surface area contributed by atoms with Crippen molar-refractivity contribution in [2.24, 2.45) is 0 Å². The maximum Gasteiger partial charge on any atom is 0.241 e. The Balaban J connectivity index is 2.16. The highest BCUT2D eigenvalue weighted by Crippen LogP contribution is 2.30. The minimum Gasteiger partial charge on any atom is -0.489 e. The molecule has 0 heterocycles. The summed E-state index contributed by atoms with van der Waals surface area (Å²) in [6.45, 7) is 3.44. The van der Waals surface area contributed by atoms with E-state index >= 15 is 0 Å². The summed E-state index contributed by atoms with van der Waals surface area (Å²) in [4.78, 5) is 12.3. The number of hydrogen-bond acceptors (Lipinski definition) is 4. The summed E-state index contributed by atoms with van der Waals surface area (Å²) >= 11 is 0. The van der Waals surface area contributed by atoms with Gasteiger partial charge in [0.1, 0.15) is 18.1 Å². The van der Waals surface area contributed by atoms with Gasteiger partial charge in [-0.1, -0.05) is 24.3 Å². The Hall–Kier alpha value is -2.61. The molecule has 27 heavy (non-hydrogen) atoms. The summed E-state index contributed by atoms with van der Waals surface area (Å²) < 4.78 is 44.1. The van der Waals surface area contributed by atoms with Crippen molar-refractivity contribution in [3.05, 3.63) is 59.9 Å². The number of sulfonamides is 1. The van der Waals surface area contributed by atoms with Crippen molar-refractivity contribution >= 4 is 21.6 Å². The van der Waals surface area contributed by atoms with Gasteiger partial charge in [0, 0.05) is 6.54 Å². The maximum atomic E-state index is 12.9. The van der Waals surface area contributed by atoms with E-state index in [2.05, 4.69) is 5.32 Å². The second kappa shape index (κ2) is 8.85. The summed E-state index contributed by atoms with van der Waals surface area (Å²) in [5.41, 5.74) is 1.00. The first-order valence-corrected chi connectivity index (χ1v) is 10.3. The van der Waals surface area contributed by atoms with Crippen molar-refractivity contribution in [2.45, 2.75) is 26.5 Å². The Bertz CT molecular complexity index is 883. The lowest BCUT2D eigenvalue weighted by Crippen LogP contribution is -2.40. The minimum atomic E-state index is -3.72. The number of hydrogen-bond donors (Lipinski definition) is 1. The van der Waals surface area contributed by atoms with Gasteiger partial charge in [-0.2, -0.15) is 0 Å². The molecule has 0 aliphatic carbocycles. The number of halogens is 1. The number of benzene rings is 2. The van der Waals surface area contributed by atoms with Gasteiger partial charge in [0.15, 0.2) is 0 Å². The third-order valence-electron chi connectivity index (χ3n) is 3.59. The highest BCUT2D eigenvalue weighted by atomic mass is 32.2. The lowest BCUT2D eigenvalue weighted by Gasteiger charge is -2.25. The van der Waals surface area contributed by atoms with Gasteiger partial charge in [0.25, 0.3) is 0 Å². The molecule has 0 aliphatic rings. The van der Waals surface area contributed by atoms with Gasteiger partial charge in [0.05, 0.1) is 18.0 Å². The fourth-order valence-electron chi connectivity index (χ4n) is 2.39. The van der Waals surface area contributed by atoms with Crippen molar-refractivity contribution in [1.82, 2.24) is 5.32 Å². The van der Waals surface area contributed by atoms with Crippen LogP contribution in [-0.2, 0) is 21.4 Å². The number of amides is 1. The molecule has 1 N–H and O–H groups in total. The molecule has 0 aromatic heterocycles. The van der Waals surface area contributed by atoms with Gasteiger partial charge < -0.3 is 10.1 Å². The van der Waals surface area contributed by atoms with Crippen LogP contribution in [0.25, 0.3) is 0 Å². The SMILES string of the molecule is CC(C)Oc1ccccc1N(CC(=O)NCc1ccc(F)cc1)S(C)(=O)=O. The lowest BCUT2D eigenvalue weighted by molar-refractivity contribution is -0.119. The van der Waals surface area contributed by atoms with Crippen LogP contribution in [0.1, 0.15) is 19.4 Å². The molecule has 0 bridgehead atoms. The Labute approximate surface area is 159 Å². The van der Waals surface area contributed by atoms with Crippen LogP contribution in [0.4, 0.5) is 10.1 Å². The fraction of sp³-hybridized carbons (Fsp3) is 0.316. The normalized spacial score (nSPS) is 11.3. The average Bonchev–Trinajstić information content (AvgIpc) is 2.58. The van der Waals surface area contributed by atoms with Crippen LogP contribution in [0.5, 0.6) is 5.75 Å². The first-order valence-electron chi connectivity index (χ1n) is 8.41. The number of rotatable bonds is 8.